The molecule has 5 nitrogen and oxygen atoms in total. The Morgan fingerprint density at radius 2 is 2.06 bits per heavy atom. The summed E-state index contributed by atoms with van der Waals surface area (Å²) in [5, 5.41) is 5.74. The van der Waals surface area contributed by atoms with Crippen LogP contribution in [0.25, 0.3) is 0 Å². The molecular weight excluding hydrogens is 204 g/mol. The van der Waals surface area contributed by atoms with Crippen LogP contribution in [0.15, 0.2) is 0 Å². The zero-order chi connectivity index (χ0) is 12.0. The minimum atomic E-state index is -0.0523. The van der Waals surface area contributed by atoms with Gasteiger partial charge in [-0.15, -0.1) is 0 Å². The zero-order valence-corrected chi connectivity index (χ0v) is 10.6. The molecule has 0 saturated carbocycles. The summed E-state index contributed by atoms with van der Waals surface area (Å²) in [7, 11) is 4.24. The second kappa shape index (κ2) is 6.70. The van der Waals surface area contributed by atoms with Gasteiger partial charge in [-0.05, 0) is 20.5 Å². The number of piperazine rings is 1. The number of nitrogens with zero attached hydrogens (tertiary/aromatic N) is 2. The molecule has 2 amide bonds. The molecule has 1 aliphatic heterocycles. The van der Waals surface area contributed by atoms with E-state index in [1.807, 2.05) is 6.92 Å². The van der Waals surface area contributed by atoms with E-state index in [0.29, 0.717) is 6.04 Å². The van der Waals surface area contributed by atoms with Gasteiger partial charge in [0, 0.05) is 38.8 Å². The van der Waals surface area contributed by atoms with Crippen molar-refractivity contribution in [3.05, 3.63) is 0 Å². The number of urea groups is 1. The molecule has 1 unspecified atom stereocenters. The molecule has 0 aromatic carbocycles. The van der Waals surface area contributed by atoms with Crippen molar-refractivity contribution in [2.45, 2.75) is 19.4 Å². The second-order valence-electron chi connectivity index (χ2n) is 4.53. The van der Waals surface area contributed by atoms with Crippen LogP contribution >= 0.6 is 0 Å². The molecule has 0 aromatic heterocycles. The maximum absolute atomic E-state index is 11.4. The summed E-state index contributed by atoms with van der Waals surface area (Å²) in [6.45, 7) is 6.70. The molecule has 5 heteroatoms. The van der Waals surface area contributed by atoms with Crippen LogP contribution in [0.2, 0.25) is 0 Å². The van der Waals surface area contributed by atoms with Crippen molar-refractivity contribution < 1.29 is 4.79 Å². The van der Waals surface area contributed by atoms with Crippen molar-refractivity contribution in [2.24, 2.45) is 0 Å². The van der Waals surface area contributed by atoms with Crippen molar-refractivity contribution in [3.8, 4) is 0 Å². The van der Waals surface area contributed by atoms with Crippen LogP contribution in [0.5, 0.6) is 0 Å². The Labute approximate surface area is 98.2 Å². The fourth-order valence-electron chi connectivity index (χ4n) is 1.83. The summed E-state index contributed by atoms with van der Waals surface area (Å²) >= 11 is 0. The number of amides is 2. The van der Waals surface area contributed by atoms with E-state index in [1.54, 1.807) is 0 Å². The lowest BCUT2D eigenvalue weighted by atomic mass is 10.2. The number of hydrogen-bond donors (Lipinski definition) is 2. The van der Waals surface area contributed by atoms with Gasteiger partial charge in [-0.3, -0.25) is 4.90 Å². The van der Waals surface area contributed by atoms with Crippen LogP contribution in [0, 0.1) is 0 Å². The van der Waals surface area contributed by atoms with E-state index >= 15 is 0 Å². The van der Waals surface area contributed by atoms with Gasteiger partial charge in [0.2, 0.25) is 0 Å². The van der Waals surface area contributed by atoms with E-state index < -0.39 is 0 Å². The second-order valence-corrected chi connectivity index (χ2v) is 4.53. The van der Waals surface area contributed by atoms with Gasteiger partial charge in [-0.2, -0.15) is 0 Å². The molecule has 94 valence electrons. The topological polar surface area (TPSA) is 47.6 Å². The van der Waals surface area contributed by atoms with E-state index in [2.05, 4.69) is 34.5 Å². The average molecular weight is 228 g/mol. The monoisotopic (exact) mass is 228 g/mol. The fraction of sp³-hybridized carbons (Fsp3) is 0.909. The standard InChI is InChI=1S/C11H24N4O/c1-4-5-12-11(16)13-8-10-9-14(2)6-7-15(10)3/h10H,4-9H2,1-3H3,(H2,12,13,16). The van der Waals surface area contributed by atoms with Gasteiger partial charge in [-0.1, -0.05) is 6.92 Å². The van der Waals surface area contributed by atoms with Crippen LogP contribution < -0.4 is 10.6 Å². The van der Waals surface area contributed by atoms with E-state index in [-0.39, 0.29) is 6.03 Å². The van der Waals surface area contributed by atoms with Gasteiger partial charge in [0.25, 0.3) is 0 Å². The summed E-state index contributed by atoms with van der Waals surface area (Å²) in [4.78, 5) is 16.0. The number of rotatable bonds is 4. The molecule has 0 spiro atoms. The Morgan fingerprint density at radius 3 is 2.75 bits per heavy atom. The number of likely N-dealkylation sites (N-methyl/N-ethyl adjacent to an activating group) is 2. The van der Waals surface area contributed by atoms with Crippen molar-refractivity contribution in [1.82, 2.24) is 20.4 Å². The molecule has 1 saturated heterocycles. The molecule has 1 rings (SSSR count). The molecule has 1 heterocycles. The predicted molar refractivity (Wildman–Crippen MR) is 65.6 cm³/mol. The molecule has 1 atom stereocenters. The highest BCUT2D eigenvalue weighted by Crippen LogP contribution is 2.04. The highest BCUT2D eigenvalue weighted by molar-refractivity contribution is 5.73. The Bertz CT molecular complexity index is 222. The maximum atomic E-state index is 11.4. The molecule has 0 aliphatic carbocycles. The maximum Gasteiger partial charge on any atom is 0.314 e. The first-order valence-corrected chi connectivity index (χ1v) is 6.04. The highest BCUT2D eigenvalue weighted by Gasteiger charge is 2.22. The van der Waals surface area contributed by atoms with E-state index in [4.69, 9.17) is 0 Å². The lowest BCUT2D eigenvalue weighted by molar-refractivity contribution is 0.114. The predicted octanol–water partition coefficient (Wildman–Crippen LogP) is -0.0586. The highest BCUT2D eigenvalue weighted by atomic mass is 16.2. The van der Waals surface area contributed by atoms with Gasteiger partial charge < -0.3 is 15.5 Å². The third kappa shape index (κ3) is 4.37. The number of carbonyl (C=O) groups excluding carboxylic acids is 1. The Balaban J connectivity index is 2.22. The van der Waals surface area contributed by atoms with Crippen molar-refractivity contribution in [2.75, 3.05) is 46.8 Å². The lowest BCUT2D eigenvalue weighted by Crippen LogP contribution is -2.55. The molecule has 16 heavy (non-hydrogen) atoms. The third-order valence-electron chi connectivity index (χ3n) is 3.01. The Morgan fingerprint density at radius 1 is 1.31 bits per heavy atom. The number of hydrogen-bond acceptors (Lipinski definition) is 3. The summed E-state index contributed by atoms with van der Waals surface area (Å²) in [5.41, 5.74) is 0. The lowest BCUT2D eigenvalue weighted by Gasteiger charge is -2.37. The van der Waals surface area contributed by atoms with Crippen LogP contribution in [0.4, 0.5) is 4.79 Å². The van der Waals surface area contributed by atoms with Crippen molar-refractivity contribution >= 4 is 6.03 Å². The van der Waals surface area contributed by atoms with Crippen molar-refractivity contribution in [3.63, 3.8) is 0 Å². The molecule has 0 bridgehead atoms. The van der Waals surface area contributed by atoms with Crippen LogP contribution in [0.1, 0.15) is 13.3 Å². The average Bonchev–Trinajstić information content (AvgIpc) is 2.27. The number of nitrogens with one attached hydrogen (secondary N) is 2. The summed E-state index contributed by atoms with van der Waals surface area (Å²) in [6, 6.07) is 0.370. The molecule has 0 radical (unpaired) electrons. The van der Waals surface area contributed by atoms with Gasteiger partial charge in [0.15, 0.2) is 0 Å². The van der Waals surface area contributed by atoms with Gasteiger partial charge in [-0.25, -0.2) is 4.79 Å². The summed E-state index contributed by atoms with van der Waals surface area (Å²) in [5.74, 6) is 0. The quantitative estimate of drug-likeness (QED) is 0.709. The molecule has 1 aliphatic rings. The summed E-state index contributed by atoms with van der Waals surface area (Å²) in [6.07, 6.45) is 0.972. The first-order chi connectivity index (χ1) is 7.63. The molecule has 2 N–H and O–H groups in total. The van der Waals surface area contributed by atoms with E-state index in [1.165, 1.54) is 0 Å². The zero-order valence-electron chi connectivity index (χ0n) is 10.6. The fourth-order valence-corrected chi connectivity index (χ4v) is 1.83. The normalized spacial score (nSPS) is 23.1. The van der Waals surface area contributed by atoms with E-state index in [0.717, 1.165) is 39.1 Å². The van der Waals surface area contributed by atoms with Crippen LogP contribution in [-0.4, -0.2) is 68.7 Å². The number of carbonyl (C=O) groups is 1. The van der Waals surface area contributed by atoms with Gasteiger partial charge >= 0.3 is 6.03 Å². The molecule has 0 aromatic rings. The first-order valence-electron chi connectivity index (χ1n) is 6.04. The Kier molecular flexibility index (Phi) is 5.55. The van der Waals surface area contributed by atoms with Gasteiger partial charge in [0.1, 0.15) is 0 Å². The smallest absolute Gasteiger partial charge is 0.314 e. The third-order valence-corrected chi connectivity index (χ3v) is 3.01. The van der Waals surface area contributed by atoms with E-state index in [9.17, 15) is 4.79 Å². The molecular formula is C11H24N4O. The van der Waals surface area contributed by atoms with Crippen LogP contribution in [0.3, 0.4) is 0 Å². The largest absolute Gasteiger partial charge is 0.338 e. The van der Waals surface area contributed by atoms with Gasteiger partial charge in [0.05, 0.1) is 0 Å². The van der Waals surface area contributed by atoms with Crippen molar-refractivity contribution in [1.29, 1.82) is 0 Å². The molecule has 1 fully saturated rings. The minimum absolute atomic E-state index is 0.0523. The minimum Gasteiger partial charge on any atom is -0.338 e. The summed E-state index contributed by atoms with van der Waals surface area (Å²) < 4.78 is 0. The van der Waals surface area contributed by atoms with Crippen LogP contribution in [-0.2, 0) is 0 Å². The Hall–Kier alpha value is -0.810. The first kappa shape index (κ1) is 13.3. The SMILES string of the molecule is CCCNC(=O)NCC1CN(C)CCN1C.